The second-order valence-electron chi connectivity index (χ2n) is 8.24. The molecule has 0 bridgehead atoms. The Labute approximate surface area is 175 Å². The third-order valence-electron chi connectivity index (χ3n) is 4.94. The number of amides is 2. The van der Waals surface area contributed by atoms with Gasteiger partial charge in [0, 0.05) is 13.2 Å². The highest BCUT2D eigenvalue weighted by Gasteiger charge is 2.31. The van der Waals surface area contributed by atoms with Crippen LogP contribution in [0.2, 0.25) is 0 Å². The molecule has 2 heterocycles. The highest BCUT2D eigenvalue weighted by molar-refractivity contribution is 6.03. The fourth-order valence-corrected chi connectivity index (χ4v) is 3.84. The van der Waals surface area contributed by atoms with E-state index in [1.54, 1.807) is 37.2 Å². The summed E-state index contributed by atoms with van der Waals surface area (Å²) in [6.07, 6.45) is 1.22. The first-order valence-electron chi connectivity index (χ1n) is 9.74. The van der Waals surface area contributed by atoms with Crippen LogP contribution in [0.25, 0.3) is 11.1 Å². The zero-order valence-corrected chi connectivity index (χ0v) is 17.6. The Morgan fingerprint density at radius 1 is 1.37 bits per heavy atom. The van der Waals surface area contributed by atoms with Crippen molar-refractivity contribution in [2.75, 3.05) is 13.7 Å². The standard InChI is InChI=1S/C22H26FN3O4/c1-13(2)10-22(3,30-21(24)28)12-29-18-6-5-14(9-16(18)23)15-7-8-25-17-11-26(4)20(27)19(15)17/h5-9,13H,10-12H2,1-4H3,(H2,24,28). The summed E-state index contributed by atoms with van der Waals surface area (Å²) in [6.45, 7) is 6.04. The molecule has 30 heavy (non-hydrogen) atoms. The van der Waals surface area contributed by atoms with E-state index in [0.29, 0.717) is 35.3 Å². The zero-order valence-electron chi connectivity index (χ0n) is 17.6. The molecule has 1 aromatic heterocycles. The van der Waals surface area contributed by atoms with Crippen LogP contribution in [0, 0.1) is 11.7 Å². The minimum absolute atomic E-state index is 0.0240. The number of hydrogen-bond acceptors (Lipinski definition) is 5. The van der Waals surface area contributed by atoms with E-state index in [2.05, 4.69) is 4.98 Å². The van der Waals surface area contributed by atoms with Crippen LogP contribution < -0.4 is 10.5 Å². The predicted octanol–water partition coefficient (Wildman–Crippen LogP) is 3.75. The quantitative estimate of drug-likeness (QED) is 0.743. The lowest BCUT2D eigenvalue weighted by Crippen LogP contribution is -2.41. The Bertz CT molecular complexity index is 979. The van der Waals surface area contributed by atoms with Gasteiger partial charge in [-0.2, -0.15) is 0 Å². The van der Waals surface area contributed by atoms with E-state index in [-0.39, 0.29) is 24.2 Å². The largest absolute Gasteiger partial charge is 0.486 e. The molecule has 0 fully saturated rings. The van der Waals surface area contributed by atoms with Crippen molar-refractivity contribution in [3.63, 3.8) is 0 Å². The number of halogens is 1. The molecule has 1 aliphatic rings. The molecule has 160 valence electrons. The van der Waals surface area contributed by atoms with Gasteiger partial charge >= 0.3 is 6.09 Å². The molecule has 0 radical (unpaired) electrons. The minimum Gasteiger partial charge on any atom is -0.486 e. The summed E-state index contributed by atoms with van der Waals surface area (Å²) < 4.78 is 25.6. The Hall–Kier alpha value is -3.16. The Morgan fingerprint density at radius 2 is 2.10 bits per heavy atom. The monoisotopic (exact) mass is 415 g/mol. The molecule has 1 atom stereocenters. The number of fused-ring (bicyclic) bond motifs is 1. The lowest BCUT2D eigenvalue weighted by Gasteiger charge is -2.30. The van der Waals surface area contributed by atoms with Crippen LogP contribution in [0.15, 0.2) is 30.5 Å². The minimum atomic E-state index is -0.978. The summed E-state index contributed by atoms with van der Waals surface area (Å²) in [7, 11) is 1.70. The van der Waals surface area contributed by atoms with Crippen LogP contribution in [0.3, 0.4) is 0 Å². The van der Waals surface area contributed by atoms with Crippen LogP contribution in [0.4, 0.5) is 9.18 Å². The zero-order chi connectivity index (χ0) is 22.1. The Morgan fingerprint density at radius 3 is 2.73 bits per heavy atom. The third-order valence-corrected chi connectivity index (χ3v) is 4.94. The van der Waals surface area contributed by atoms with Crippen LogP contribution >= 0.6 is 0 Å². The molecule has 8 heteroatoms. The maximum atomic E-state index is 14.8. The molecule has 0 spiro atoms. The van der Waals surface area contributed by atoms with Gasteiger partial charge in [-0.25, -0.2) is 9.18 Å². The second kappa shape index (κ2) is 8.30. The number of aromatic nitrogens is 1. The van der Waals surface area contributed by atoms with Crippen molar-refractivity contribution in [1.29, 1.82) is 0 Å². The molecule has 1 aromatic carbocycles. The van der Waals surface area contributed by atoms with E-state index in [1.807, 2.05) is 13.8 Å². The van der Waals surface area contributed by atoms with Gasteiger partial charge in [0.25, 0.3) is 5.91 Å². The molecule has 2 aromatic rings. The Kier molecular flexibility index (Phi) is 5.96. The number of nitrogens with zero attached hydrogens (tertiary/aromatic N) is 2. The average molecular weight is 415 g/mol. The molecule has 1 aliphatic heterocycles. The van der Waals surface area contributed by atoms with Gasteiger partial charge in [-0.15, -0.1) is 0 Å². The number of primary amides is 1. The van der Waals surface area contributed by atoms with Gasteiger partial charge in [0.05, 0.1) is 17.8 Å². The van der Waals surface area contributed by atoms with E-state index >= 15 is 0 Å². The second-order valence-corrected chi connectivity index (χ2v) is 8.24. The average Bonchev–Trinajstić information content (AvgIpc) is 2.93. The van der Waals surface area contributed by atoms with Crippen molar-refractivity contribution in [3.05, 3.63) is 47.5 Å². The maximum absolute atomic E-state index is 14.8. The van der Waals surface area contributed by atoms with Gasteiger partial charge in [0.2, 0.25) is 0 Å². The number of carbonyl (C=O) groups excluding carboxylic acids is 2. The normalized spacial score (nSPS) is 15.1. The lowest BCUT2D eigenvalue weighted by atomic mass is 9.95. The molecule has 3 rings (SSSR count). The lowest BCUT2D eigenvalue weighted by molar-refractivity contribution is -0.0193. The Balaban J connectivity index is 1.83. The molecule has 0 aliphatic carbocycles. The molecule has 2 amide bonds. The van der Waals surface area contributed by atoms with Crippen LogP contribution in [0.5, 0.6) is 5.75 Å². The van der Waals surface area contributed by atoms with Gasteiger partial charge in [-0.05, 0) is 48.6 Å². The fourth-order valence-electron chi connectivity index (χ4n) is 3.84. The van der Waals surface area contributed by atoms with Crippen molar-refractivity contribution >= 4 is 12.0 Å². The number of ether oxygens (including phenoxy) is 2. The van der Waals surface area contributed by atoms with E-state index in [4.69, 9.17) is 15.2 Å². The third kappa shape index (κ3) is 4.53. The first-order valence-corrected chi connectivity index (χ1v) is 9.74. The molecular weight excluding hydrogens is 389 g/mol. The van der Waals surface area contributed by atoms with Crippen molar-refractivity contribution < 1.29 is 23.5 Å². The number of carbonyl (C=O) groups is 2. The summed E-state index contributed by atoms with van der Waals surface area (Å²) >= 11 is 0. The summed E-state index contributed by atoms with van der Waals surface area (Å²) in [5.74, 6) is -0.477. The van der Waals surface area contributed by atoms with Gasteiger partial charge < -0.3 is 20.1 Å². The first kappa shape index (κ1) is 21.5. The first-order chi connectivity index (χ1) is 14.1. The van der Waals surface area contributed by atoms with Gasteiger partial charge in [-0.3, -0.25) is 9.78 Å². The molecule has 2 N–H and O–H groups in total. The van der Waals surface area contributed by atoms with Gasteiger partial charge in [-0.1, -0.05) is 19.9 Å². The number of pyridine rings is 1. The van der Waals surface area contributed by atoms with E-state index in [0.717, 1.165) is 0 Å². The SMILES string of the molecule is CC(C)CC(C)(COc1ccc(-c2ccnc3c2C(=O)N(C)C3)cc1F)OC(N)=O. The van der Waals surface area contributed by atoms with E-state index in [9.17, 15) is 14.0 Å². The summed E-state index contributed by atoms with van der Waals surface area (Å²) in [5.41, 5.74) is 6.55. The number of rotatable bonds is 7. The van der Waals surface area contributed by atoms with Gasteiger partial charge in [0.1, 0.15) is 12.2 Å². The van der Waals surface area contributed by atoms with Crippen molar-refractivity contribution in [2.45, 2.75) is 39.3 Å². The number of hydrogen-bond donors (Lipinski definition) is 1. The van der Waals surface area contributed by atoms with Crippen LogP contribution in [-0.4, -0.2) is 41.1 Å². The van der Waals surface area contributed by atoms with E-state index < -0.39 is 17.5 Å². The summed E-state index contributed by atoms with van der Waals surface area (Å²) in [6, 6.07) is 6.21. The predicted molar refractivity (Wildman–Crippen MR) is 109 cm³/mol. The highest BCUT2D eigenvalue weighted by atomic mass is 19.1. The molecule has 0 saturated heterocycles. The van der Waals surface area contributed by atoms with Crippen molar-refractivity contribution in [3.8, 4) is 16.9 Å². The van der Waals surface area contributed by atoms with Gasteiger partial charge in [0.15, 0.2) is 11.6 Å². The molecule has 0 saturated carbocycles. The smallest absolute Gasteiger partial charge is 0.405 e. The molecular formula is C22H26FN3O4. The van der Waals surface area contributed by atoms with Crippen LogP contribution in [0.1, 0.15) is 43.2 Å². The maximum Gasteiger partial charge on any atom is 0.405 e. The van der Waals surface area contributed by atoms with Crippen molar-refractivity contribution in [1.82, 2.24) is 9.88 Å². The summed E-state index contributed by atoms with van der Waals surface area (Å²) in [4.78, 5) is 29.5. The van der Waals surface area contributed by atoms with Crippen LogP contribution in [-0.2, 0) is 11.3 Å². The van der Waals surface area contributed by atoms with Crippen molar-refractivity contribution in [2.24, 2.45) is 11.7 Å². The molecule has 7 nitrogen and oxygen atoms in total. The number of nitrogens with two attached hydrogens (primary N) is 1. The highest BCUT2D eigenvalue weighted by Crippen LogP contribution is 2.33. The topological polar surface area (TPSA) is 94.8 Å². The molecule has 1 unspecified atom stereocenters. The number of benzene rings is 1. The summed E-state index contributed by atoms with van der Waals surface area (Å²) in [5, 5.41) is 0. The van der Waals surface area contributed by atoms with E-state index in [1.165, 1.54) is 12.1 Å². The fraction of sp³-hybridized carbons (Fsp3) is 0.409.